The van der Waals surface area contributed by atoms with E-state index in [4.69, 9.17) is 4.42 Å². The summed E-state index contributed by atoms with van der Waals surface area (Å²) in [5, 5.41) is 0.824. The Morgan fingerprint density at radius 1 is 1.25 bits per heavy atom. The number of carbonyl (C=O) groups is 2. The molecule has 0 atom stereocenters. The summed E-state index contributed by atoms with van der Waals surface area (Å²) in [6.07, 6.45) is 1.58. The summed E-state index contributed by atoms with van der Waals surface area (Å²) < 4.78 is 10.1. The normalized spacial score (nSPS) is 11.9. The maximum absolute atomic E-state index is 12.4. The van der Waals surface area contributed by atoms with E-state index >= 15 is 0 Å². The van der Waals surface area contributed by atoms with Gasteiger partial charge in [0.15, 0.2) is 5.76 Å². The molecule has 0 unspecified atom stereocenters. The number of Topliss-reactive ketones (excluding diaryl/α,β-unsaturated/α-hetero) is 1. The Balaban J connectivity index is 2.43. The number of fused-ring (bicyclic) bond motifs is 1. The maximum atomic E-state index is 12.4. The molecular weight excluding hydrogens is 256 g/mol. The minimum atomic E-state index is -0.649. The number of esters is 1. The zero-order valence-corrected chi connectivity index (χ0v) is 11.7. The average molecular weight is 272 g/mol. The Kier molecular flexibility index (Phi) is 4.03. The van der Waals surface area contributed by atoms with Crippen molar-refractivity contribution in [2.75, 3.05) is 7.11 Å². The third-order valence-electron chi connectivity index (χ3n) is 2.80. The lowest BCUT2D eigenvalue weighted by molar-refractivity contribution is -0.135. The Morgan fingerprint density at radius 3 is 2.55 bits per heavy atom. The topological polar surface area (TPSA) is 56.5 Å². The molecule has 20 heavy (non-hydrogen) atoms. The maximum Gasteiger partial charge on any atom is 0.341 e. The van der Waals surface area contributed by atoms with Crippen LogP contribution in [0.2, 0.25) is 0 Å². The van der Waals surface area contributed by atoms with E-state index in [1.165, 1.54) is 7.11 Å². The van der Waals surface area contributed by atoms with E-state index in [9.17, 15) is 9.59 Å². The molecule has 2 rings (SSSR count). The van der Waals surface area contributed by atoms with Gasteiger partial charge in [0.1, 0.15) is 11.2 Å². The quantitative estimate of drug-likeness (QED) is 0.281. The van der Waals surface area contributed by atoms with Crippen LogP contribution in [0.25, 0.3) is 11.0 Å². The van der Waals surface area contributed by atoms with Gasteiger partial charge in [0, 0.05) is 5.39 Å². The van der Waals surface area contributed by atoms with Crippen LogP contribution in [0.1, 0.15) is 24.4 Å². The number of allylic oxidation sites excluding steroid dienone is 1. The number of benzene rings is 1. The van der Waals surface area contributed by atoms with E-state index in [1.807, 2.05) is 32.0 Å². The molecule has 4 nitrogen and oxygen atoms in total. The number of carbonyl (C=O) groups excluding carboxylic acids is 2. The van der Waals surface area contributed by atoms with Crippen LogP contribution in [0.4, 0.5) is 0 Å². The predicted octanol–water partition coefficient (Wildman–Crippen LogP) is 3.37. The lowest BCUT2D eigenvalue weighted by Gasteiger charge is -2.04. The second kappa shape index (κ2) is 5.74. The predicted molar refractivity (Wildman–Crippen MR) is 75.5 cm³/mol. The highest BCUT2D eigenvalue weighted by atomic mass is 16.5. The van der Waals surface area contributed by atoms with Crippen molar-refractivity contribution in [2.24, 2.45) is 5.92 Å². The van der Waals surface area contributed by atoms with Gasteiger partial charge in [-0.15, -0.1) is 0 Å². The van der Waals surface area contributed by atoms with E-state index in [0.29, 0.717) is 5.58 Å². The lowest BCUT2D eigenvalue weighted by Crippen LogP contribution is -2.15. The number of hydrogen-bond donors (Lipinski definition) is 0. The lowest BCUT2D eigenvalue weighted by atomic mass is 10.0. The fourth-order valence-electron chi connectivity index (χ4n) is 1.91. The van der Waals surface area contributed by atoms with Crippen LogP contribution >= 0.6 is 0 Å². The minimum Gasteiger partial charge on any atom is -0.465 e. The number of furan rings is 1. The first-order valence-corrected chi connectivity index (χ1v) is 6.36. The van der Waals surface area contributed by atoms with Crippen molar-refractivity contribution in [1.29, 1.82) is 0 Å². The number of para-hydroxylation sites is 1. The fraction of sp³-hybridized carbons (Fsp3) is 0.250. The largest absolute Gasteiger partial charge is 0.465 e. The SMILES string of the molecule is COC(=O)/C(=C/C(C)C)C(=O)c1cc2ccccc2o1. The van der Waals surface area contributed by atoms with Gasteiger partial charge in [0.2, 0.25) is 5.78 Å². The fourth-order valence-corrected chi connectivity index (χ4v) is 1.91. The number of methoxy groups -OCH3 is 1. The first-order valence-electron chi connectivity index (χ1n) is 6.36. The van der Waals surface area contributed by atoms with Crippen molar-refractivity contribution >= 4 is 22.7 Å². The van der Waals surface area contributed by atoms with Gasteiger partial charge >= 0.3 is 5.97 Å². The molecule has 0 aliphatic carbocycles. The van der Waals surface area contributed by atoms with E-state index in [-0.39, 0.29) is 17.3 Å². The molecule has 2 aromatic rings. The molecule has 0 bridgehead atoms. The van der Waals surface area contributed by atoms with Crippen molar-refractivity contribution in [3.63, 3.8) is 0 Å². The van der Waals surface area contributed by atoms with Gasteiger partial charge < -0.3 is 9.15 Å². The summed E-state index contributed by atoms with van der Waals surface area (Å²) in [7, 11) is 1.25. The third kappa shape index (κ3) is 2.79. The Bertz CT molecular complexity index is 644. The summed E-state index contributed by atoms with van der Waals surface area (Å²) in [6.45, 7) is 3.77. The Hall–Kier alpha value is -2.36. The van der Waals surface area contributed by atoms with Crippen LogP contribution in [-0.2, 0) is 9.53 Å². The van der Waals surface area contributed by atoms with E-state index in [2.05, 4.69) is 4.74 Å². The number of rotatable bonds is 4. The molecule has 0 saturated carbocycles. The Morgan fingerprint density at radius 2 is 1.95 bits per heavy atom. The highest BCUT2D eigenvalue weighted by molar-refractivity contribution is 6.23. The van der Waals surface area contributed by atoms with Crippen LogP contribution in [0, 0.1) is 5.92 Å². The van der Waals surface area contributed by atoms with E-state index < -0.39 is 11.8 Å². The van der Waals surface area contributed by atoms with Gasteiger partial charge in [-0.3, -0.25) is 4.79 Å². The molecule has 0 spiro atoms. The van der Waals surface area contributed by atoms with Crippen LogP contribution in [0.3, 0.4) is 0 Å². The number of ether oxygens (including phenoxy) is 1. The number of ketones is 1. The summed E-state index contributed by atoms with van der Waals surface area (Å²) in [6, 6.07) is 8.94. The molecule has 104 valence electrons. The van der Waals surface area contributed by atoms with Crippen LogP contribution in [-0.4, -0.2) is 18.9 Å². The average Bonchev–Trinajstić information content (AvgIpc) is 2.86. The van der Waals surface area contributed by atoms with Crippen LogP contribution in [0.15, 0.2) is 46.4 Å². The molecule has 0 fully saturated rings. The monoisotopic (exact) mass is 272 g/mol. The smallest absolute Gasteiger partial charge is 0.341 e. The van der Waals surface area contributed by atoms with Gasteiger partial charge in [-0.25, -0.2) is 4.79 Å². The van der Waals surface area contributed by atoms with Crippen LogP contribution in [0.5, 0.6) is 0 Å². The van der Waals surface area contributed by atoms with Crippen LogP contribution < -0.4 is 0 Å². The first kappa shape index (κ1) is 14.1. The molecule has 1 heterocycles. The molecule has 0 aliphatic rings. The van der Waals surface area contributed by atoms with Gasteiger partial charge in [0.05, 0.1) is 7.11 Å². The second-order valence-corrected chi connectivity index (χ2v) is 4.79. The molecule has 0 aliphatic heterocycles. The minimum absolute atomic E-state index is 0.00144. The molecule has 1 aromatic carbocycles. The van der Waals surface area contributed by atoms with Gasteiger partial charge in [-0.1, -0.05) is 38.1 Å². The summed E-state index contributed by atoms with van der Waals surface area (Å²) in [5.41, 5.74) is 0.617. The molecule has 4 heteroatoms. The highest BCUT2D eigenvalue weighted by Crippen LogP contribution is 2.22. The number of hydrogen-bond acceptors (Lipinski definition) is 4. The van der Waals surface area contributed by atoms with Crippen molar-refractivity contribution in [3.8, 4) is 0 Å². The first-order chi connectivity index (χ1) is 9.52. The van der Waals surface area contributed by atoms with Gasteiger partial charge in [-0.05, 0) is 18.1 Å². The van der Waals surface area contributed by atoms with Crippen molar-refractivity contribution in [3.05, 3.63) is 47.7 Å². The van der Waals surface area contributed by atoms with Crippen molar-refractivity contribution in [2.45, 2.75) is 13.8 Å². The van der Waals surface area contributed by atoms with E-state index in [0.717, 1.165) is 5.39 Å². The summed E-state index contributed by atoms with van der Waals surface area (Å²) in [4.78, 5) is 24.1. The van der Waals surface area contributed by atoms with Crippen molar-refractivity contribution in [1.82, 2.24) is 0 Å². The summed E-state index contributed by atoms with van der Waals surface area (Å²) >= 11 is 0. The third-order valence-corrected chi connectivity index (χ3v) is 2.80. The molecular formula is C16H16O4. The summed E-state index contributed by atoms with van der Waals surface area (Å²) in [5.74, 6) is -0.910. The van der Waals surface area contributed by atoms with Crippen molar-refractivity contribution < 1.29 is 18.7 Å². The molecule has 0 saturated heterocycles. The molecule has 0 amide bonds. The van der Waals surface area contributed by atoms with Gasteiger partial charge in [0.25, 0.3) is 0 Å². The Labute approximate surface area is 117 Å². The molecule has 1 aromatic heterocycles. The van der Waals surface area contributed by atoms with Gasteiger partial charge in [-0.2, -0.15) is 0 Å². The second-order valence-electron chi connectivity index (χ2n) is 4.79. The zero-order valence-electron chi connectivity index (χ0n) is 11.7. The van der Waals surface area contributed by atoms with E-state index in [1.54, 1.807) is 18.2 Å². The zero-order chi connectivity index (χ0) is 14.7. The highest BCUT2D eigenvalue weighted by Gasteiger charge is 2.24. The molecule has 0 N–H and O–H groups in total. The molecule has 0 radical (unpaired) electrons. The standard InChI is InChI=1S/C16H16O4/c1-10(2)8-12(16(18)19-3)15(17)14-9-11-6-4-5-7-13(11)20-14/h4-10H,1-3H3/b12-8+.